The molecule has 3 N–H and O–H groups in total. The quantitative estimate of drug-likeness (QED) is 0.359. The van der Waals surface area contributed by atoms with Crippen LogP contribution in [0.3, 0.4) is 0 Å². The number of nitrogens with one attached hydrogen (secondary N) is 2. The van der Waals surface area contributed by atoms with E-state index < -0.39 is 29.9 Å². The summed E-state index contributed by atoms with van der Waals surface area (Å²) in [6, 6.07) is 9.00. The minimum absolute atomic E-state index is 0.0917. The van der Waals surface area contributed by atoms with Crippen LogP contribution in [-0.4, -0.2) is 107 Å². The number of aromatic nitrogens is 2. The highest BCUT2D eigenvalue weighted by Gasteiger charge is 2.31. The third-order valence-corrected chi connectivity index (χ3v) is 5.91. The van der Waals surface area contributed by atoms with E-state index in [2.05, 4.69) is 15.7 Å². The highest BCUT2D eigenvalue weighted by molar-refractivity contribution is 5.96. The molecule has 2 aromatic rings. The number of piperazine rings is 1. The number of nitrogens with zero attached hydrogens (tertiary/aromatic N) is 4. The van der Waals surface area contributed by atoms with Crippen molar-refractivity contribution in [1.29, 1.82) is 0 Å². The zero-order valence-electron chi connectivity index (χ0n) is 21.8. The summed E-state index contributed by atoms with van der Waals surface area (Å²) in [4.78, 5) is 64.3. The fraction of sp³-hybridized carbons (Fsp3) is 0.440. The maximum absolute atomic E-state index is 13.3. The van der Waals surface area contributed by atoms with Gasteiger partial charge in [0.25, 0.3) is 11.8 Å². The molecule has 14 heteroatoms. The normalized spacial score (nSPS) is 13.8. The number of likely N-dealkylation sites (N-methyl/N-ethyl adjacent to an activating group) is 1. The molecule has 1 unspecified atom stereocenters. The number of carboxylic acid groups (broad SMARTS) is 1. The first-order chi connectivity index (χ1) is 18.7. The van der Waals surface area contributed by atoms with Crippen LogP contribution < -0.4 is 15.4 Å². The molecule has 0 aliphatic carbocycles. The molecule has 1 fully saturated rings. The van der Waals surface area contributed by atoms with Gasteiger partial charge in [0.1, 0.15) is 6.04 Å². The van der Waals surface area contributed by atoms with Gasteiger partial charge in [-0.25, -0.2) is 9.48 Å². The van der Waals surface area contributed by atoms with Gasteiger partial charge < -0.3 is 35.0 Å². The lowest BCUT2D eigenvalue weighted by Gasteiger charge is -2.35. The lowest BCUT2D eigenvalue weighted by Crippen LogP contribution is -2.56. The Morgan fingerprint density at radius 3 is 2.33 bits per heavy atom. The van der Waals surface area contributed by atoms with E-state index in [1.54, 1.807) is 37.3 Å². The van der Waals surface area contributed by atoms with E-state index in [-0.39, 0.29) is 69.7 Å². The van der Waals surface area contributed by atoms with Gasteiger partial charge in [-0.1, -0.05) is 18.2 Å². The first-order valence-corrected chi connectivity index (χ1v) is 12.5. The Kier molecular flexibility index (Phi) is 10.2. The van der Waals surface area contributed by atoms with Crippen LogP contribution in [0, 0.1) is 0 Å². The molecule has 0 spiro atoms. The van der Waals surface area contributed by atoms with Gasteiger partial charge in [0.05, 0.1) is 12.3 Å². The smallest absolute Gasteiger partial charge is 0.409 e. The van der Waals surface area contributed by atoms with Crippen molar-refractivity contribution in [2.24, 2.45) is 0 Å². The van der Waals surface area contributed by atoms with E-state index in [9.17, 15) is 29.1 Å². The Morgan fingerprint density at radius 2 is 1.72 bits per heavy atom. The van der Waals surface area contributed by atoms with Gasteiger partial charge in [0.15, 0.2) is 12.3 Å². The van der Waals surface area contributed by atoms with Crippen molar-refractivity contribution in [2.75, 3.05) is 46.4 Å². The molecule has 2 heterocycles. The highest BCUT2D eigenvalue weighted by Crippen LogP contribution is 2.20. The zero-order chi connectivity index (χ0) is 28.4. The number of carbonyl (C=O) groups excluding carboxylic acids is 4. The van der Waals surface area contributed by atoms with Crippen LogP contribution in [0.2, 0.25) is 0 Å². The molecular formula is C25H32N6O8. The van der Waals surface area contributed by atoms with Gasteiger partial charge >= 0.3 is 12.1 Å². The van der Waals surface area contributed by atoms with E-state index in [4.69, 9.17) is 9.47 Å². The second-order valence-electron chi connectivity index (χ2n) is 8.55. The van der Waals surface area contributed by atoms with Crippen LogP contribution in [0.15, 0.2) is 36.4 Å². The van der Waals surface area contributed by atoms with Crippen LogP contribution in [0.5, 0.6) is 5.88 Å². The lowest BCUT2D eigenvalue weighted by molar-refractivity contribution is -0.138. The fourth-order valence-corrected chi connectivity index (χ4v) is 3.85. The minimum Gasteiger partial charge on any atom is -0.481 e. The molecule has 14 nitrogen and oxygen atoms in total. The molecule has 1 aromatic carbocycles. The van der Waals surface area contributed by atoms with Gasteiger partial charge in [0.2, 0.25) is 11.8 Å². The Bertz CT molecular complexity index is 1180. The van der Waals surface area contributed by atoms with Crippen molar-refractivity contribution >= 4 is 29.8 Å². The Balaban J connectivity index is 1.76. The number of rotatable bonds is 11. The number of ether oxygens (including phenoxy) is 2. The van der Waals surface area contributed by atoms with Crippen molar-refractivity contribution in [3.63, 3.8) is 0 Å². The molecule has 1 aromatic heterocycles. The number of amides is 4. The van der Waals surface area contributed by atoms with Crippen molar-refractivity contribution in [1.82, 2.24) is 30.2 Å². The summed E-state index contributed by atoms with van der Waals surface area (Å²) in [6.45, 7) is 2.53. The number of hydrogen-bond donors (Lipinski definition) is 3. The van der Waals surface area contributed by atoms with Crippen LogP contribution >= 0.6 is 0 Å². The number of para-hydroxylation sites is 1. The van der Waals surface area contributed by atoms with Crippen molar-refractivity contribution in [3.8, 4) is 11.6 Å². The van der Waals surface area contributed by atoms with Crippen molar-refractivity contribution < 1.29 is 38.6 Å². The van der Waals surface area contributed by atoms with Gasteiger partial charge in [-0.05, 0) is 25.5 Å². The van der Waals surface area contributed by atoms with Crippen LogP contribution in [0.4, 0.5) is 4.79 Å². The molecule has 0 bridgehead atoms. The molecular weight excluding hydrogens is 512 g/mol. The van der Waals surface area contributed by atoms with E-state index in [0.717, 1.165) is 0 Å². The van der Waals surface area contributed by atoms with Crippen LogP contribution in [-0.2, 0) is 19.1 Å². The van der Waals surface area contributed by atoms with Crippen LogP contribution in [0.1, 0.15) is 30.3 Å². The van der Waals surface area contributed by atoms with Gasteiger partial charge in [-0.3, -0.25) is 19.2 Å². The Morgan fingerprint density at radius 1 is 1.05 bits per heavy atom. The number of carbonyl (C=O) groups is 5. The first-order valence-electron chi connectivity index (χ1n) is 12.5. The molecule has 210 valence electrons. The molecule has 4 amide bonds. The maximum atomic E-state index is 13.3. The van der Waals surface area contributed by atoms with E-state index in [0.29, 0.717) is 5.69 Å². The molecule has 1 aliphatic rings. The lowest BCUT2D eigenvalue weighted by atomic mass is 10.1. The van der Waals surface area contributed by atoms with Crippen molar-refractivity contribution in [2.45, 2.75) is 25.8 Å². The minimum atomic E-state index is -1.14. The van der Waals surface area contributed by atoms with Crippen LogP contribution in [0.25, 0.3) is 5.69 Å². The summed E-state index contributed by atoms with van der Waals surface area (Å²) in [5.74, 6) is -2.56. The Hall–Kier alpha value is -4.62. The van der Waals surface area contributed by atoms with Crippen molar-refractivity contribution in [3.05, 3.63) is 42.1 Å². The second-order valence-corrected chi connectivity index (χ2v) is 8.55. The molecule has 3 rings (SSSR count). The number of benzene rings is 1. The standard InChI is InChI=1S/C25H32N6O8/c1-3-38-25(37)30-13-11-29(12-14-30)24(36)18(9-10-22(33)34)27-23(35)19-15-21(39-16-20(32)26-2)31(28-19)17-7-5-4-6-8-17/h4-8,15,18H,3,9-14,16H2,1-2H3,(H,26,32)(H,27,35)(H,33,34). The fourth-order valence-electron chi connectivity index (χ4n) is 3.85. The van der Waals surface area contributed by atoms with E-state index in [1.807, 2.05) is 0 Å². The average Bonchev–Trinajstić information content (AvgIpc) is 3.38. The second kappa shape index (κ2) is 13.8. The van der Waals surface area contributed by atoms with E-state index >= 15 is 0 Å². The van der Waals surface area contributed by atoms with E-state index in [1.165, 1.54) is 27.6 Å². The summed E-state index contributed by atoms with van der Waals surface area (Å²) in [5.41, 5.74) is 0.479. The third kappa shape index (κ3) is 7.93. The monoisotopic (exact) mass is 544 g/mol. The molecule has 1 saturated heterocycles. The third-order valence-electron chi connectivity index (χ3n) is 5.91. The van der Waals surface area contributed by atoms with Gasteiger partial charge in [-0.2, -0.15) is 5.10 Å². The number of carboxylic acids is 1. The van der Waals surface area contributed by atoms with Gasteiger partial charge in [-0.15, -0.1) is 0 Å². The summed E-state index contributed by atoms with van der Waals surface area (Å²) in [7, 11) is 1.46. The first kappa shape index (κ1) is 28.9. The highest BCUT2D eigenvalue weighted by atomic mass is 16.6. The summed E-state index contributed by atoms with van der Waals surface area (Å²) in [6.07, 6.45) is -0.959. The molecule has 1 atom stereocenters. The van der Waals surface area contributed by atoms with Gasteiger partial charge in [0, 0.05) is 45.7 Å². The largest absolute Gasteiger partial charge is 0.481 e. The zero-order valence-corrected chi connectivity index (χ0v) is 21.8. The number of hydrogen-bond acceptors (Lipinski definition) is 8. The SMILES string of the molecule is CCOC(=O)N1CCN(C(=O)C(CCC(=O)O)NC(=O)c2cc(OCC(=O)NC)n(-c3ccccc3)n2)CC1. The Labute approximate surface area is 224 Å². The maximum Gasteiger partial charge on any atom is 0.409 e. The topological polar surface area (TPSA) is 172 Å². The average molecular weight is 545 g/mol. The summed E-state index contributed by atoms with van der Waals surface area (Å²) >= 11 is 0. The predicted molar refractivity (Wildman–Crippen MR) is 136 cm³/mol. The molecule has 39 heavy (non-hydrogen) atoms. The predicted octanol–water partition coefficient (Wildman–Crippen LogP) is 0.261. The number of aliphatic carboxylic acids is 1. The summed E-state index contributed by atoms with van der Waals surface area (Å²) in [5, 5.41) is 18.5. The molecule has 0 radical (unpaired) electrons. The summed E-state index contributed by atoms with van der Waals surface area (Å²) < 4.78 is 11.9. The molecule has 1 aliphatic heterocycles. The molecule has 0 saturated carbocycles.